The van der Waals surface area contributed by atoms with E-state index in [0.29, 0.717) is 5.69 Å². The molecule has 0 atom stereocenters. The average Bonchev–Trinajstić information content (AvgIpc) is 2.18. The fourth-order valence-corrected chi connectivity index (χ4v) is 1.15. The van der Waals surface area contributed by atoms with E-state index in [1.54, 1.807) is 18.2 Å². The van der Waals surface area contributed by atoms with Crippen LogP contribution in [0.1, 0.15) is 24.2 Å². The number of terminal acetylenes is 1. The Balaban J connectivity index is 3.06. The highest BCUT2D eigenvalue weighted by Gasteiger charge is 2.17. The first-order valence-corrected chi connectivity index (χ1v) is 4.54. The van der Waals surface area contributed by atoms with Crippen LogP contribution >= 0.6 is 0 Å². The first-order chi connectivity index (χ1) is 6.96. The molecule has 0 aliphatic carbocycles. The van der Waals surface area contributed by atoms with Crippen molar-refractivity contribution in [1.82, 2.24) is 0 Å². The number of hydrogen-bond donors (Lipinski definition) is 2. The Morgan fingerprint density at radius 2 is 2.07 bits per heavy atom. The number of rotatable bonds is 3. The van der Waals surface area contributed by atoms with Gasteiger partial charge in [0.25, 0.3) is 0 Å². The summed E-state index contributed by atoms with van der Waals surface area (Å²) in [6.45, 7) is 3.62. The number of carboxylic acid groups (broad SMARTS) is 1. The van der Waals surface area contributed by atoms with Crippen LogP contribution < -0.4 is 5.32 Å². The van der Waals surface area contributed by atoms with Gasteiger partial charge >= 0.3 is 5.97 Å². The van der Waals surface area contributed by atoms with Gasteiger partial charge in [-0.1, -0.05) is 18.1 Å². The summed E-state index contributed by atoms with van der Waals surface area (Å²) in [5.41, 5.74) is 0.194. The molecule has 0 radical (unpaired) electrons. The number of para-hydroxylation sites is 1. The molecule has 2 N–H and O–H groups in total. The standard InChI is InChI=1S/C12H13NO2/c1-4-12(2,3)13-10-8-6-5-7-9(10)11(14)15/h1,5-8,13H,2-3H3,(H,14,15). The zero-order valence-corrected chi connectivity index (χ0v) is 8.74. The Morgan fingerprint density at radius 1 is 1.47 bits per heavy atom. The molecule has 15 heavy (non-hydrogen) atoms. The van der Waals surface area contributed by atoms with Gasteiger partial charge in [0, 0.05) is 5.69 Å². The molecule has 0 saturated carbocycles. The zero-order chi connectivity index (χ0) is 11.5. The molecule has 0 amide bonds. The Labute approximate surface area is 89.1 Å². The first kappa shape index (κ1) is 11.1. The fraction of sp³-hybridized carbons (Fsp3) is 0.250. The maximum absolute atomic E-state index is 10.9. The molecule has 78 valence electrons. The average molecular weight is 203 g/mol. The predicted molar refractivity (Wildman–Crippen MR) is 59.9 cm³/mol. The largest absolute Gasteiger partial charge is 0.478 e. The molecule has 0 saturated heterocycles. The number of aromatic carboxylic acids is 1. The van der Waals surface area contributed by atoms with E-state index >= 15 is 0 Å². The van der Waals surface area contributed by atoms with Gasteiger partial charge in [-0.15, -0.1) is 6.42 Å². The minimum atomic E-state index is -0.967. The summed E-state index contributed by atoms with van der Waals surface area (Å²) in [6.07, 6.45) is 5.32. The van der Waals surface area contributed by atoms with Gasteiger partial charge in [-0.3, -0.25) is 0 Å². The second-order valence-corrected chi connectivity index (χ2v) is 3.75. The molecule has 0 aromatic heterocycles. The third kappa shape index (κ3) is 2.75. The zero-order valence-electron chi connectivity index (χ0n) is 8.74. The summed E-state index contributed by atoms with van der Waals surface area (Å²) in [5, 5.41) is 11.9. The number of anilines is 1. The molecule has 3 nitrogen and oxygen atoms in total. The maximum atomic E-state index is 10.9. The number of benzene rings is 1. The minimum absolute atomic E-state index is 0.223. The summed E-state index contributed by atoms with van der Waals surface area (Å²) in [4.78, 5) is 10.9. The number of nitrogens with one attached hydrogen (secondary N) is 1. The lowest BCUT2D eigenvalue weighted by Crippen LogP contribution is -2.29. The molecular formula is C12H13NO2. The lowest BCUT2D eigenvalue weighted by atomic mass is 10.1. The van der Waals surface area contributed by atoms with Crippen molar-refractivity contribution in [3.63, 3.8) is 0 Å². The van der Waals surface area contributed by atoms with Crippen molar-refractivity contribution < 1.29 is 9.90 Å². The molecular weight excluding hydrogens is 190 g/mol. The quantitative estimate of drug-likeness (QED) is 0.740. The molecule has 1 aromatic carbocycles. The van der Waals surface area contributed by atoms with Gasteiger partial charge in [-0.25, -0.2) is 4.79 Å². The molecule has 0 spiro atoms. The number of hydrogen-bond acceptors (Lipinski definition) is 2. The van der Waals surface area contributed by atoms with Crippen LogP contribution in [0.2, 0.25) is 0 Å². The van der Waals surface area contributed by atoms with Gasteiger partial charge in [0.05, 0.1) is 11.1 Å². The Hall–Kier alpha value is -1.95. The lowest BCUT2D eigenvalue weighted by Gasteiger charge is -2.22. The summed E-state index contributed by atoms with van der Waals surface area (Å²) in [7, 11) is 0. The summed E-state index contributed by atoms with van der Waals surface area (Å²) < 4.78 is 0. The van der Waals surface area contributed by atoms with Crippen molar-refractivity contribution >= 4 is 11.7 Å². The minimum Gasteiger partial charge on any atom is -0.478 e. The highest BCUT2D eigenvalue weighted by Crippen LogP contribution is 2.19. The van der Waals surface area contributed by atoms with Gasteiger partial charge in [-0.2, -0.15) is 0 Å². The van der Waals surface area contributed by atoms with Gasteiger partial charge in [0.1, 0.15) is 0 Å². The van der Waals surface area contributed by atoms with E-state index in [1.807, 2.05) is 13.8 Å². The van der Waals surface area contributed by atoms with Crippen molar-refractivity contribution in [2.45, 2.75) is 19.4 Å². The molecule has 0 bridgehead atoms. The summed E-state index contributed by atoms with van der Waals surface area (Å²) in [6, 6.07) is 6.68. The Kier molecular flexibility index (Phi) is 3.01. The SMILES string of the molecule is C#CC(C)(C)Nc1ccccc1C(=O)O. The third-order valence-electron chi connectivity index (χ3n) is 1.97. The molecule has 0 heterocycles. The highest BCUT2D eigenvalue weighted by molar-refractivity contribution is 5.94. The second kappa shape index (κ2) is 4.05. The van der Waals surface area contributed by atoms with Gasteiger partial charge in [-0.05, 0) is 26.0 Å². The molecule has 0 aliphatic rings. The van der Waals surface area contributed by atoms with Crippen molar-refractivity contribution in [2.24, 2.45) is 0 Å². The Bertz CT molecular complexity index is 416. The van der Waals surface area contributed by atoms with Gasteiger partial charge in [0.2, 0.25) is 0 Å². The van der Waals surface area contributed by atoms with Gasteiger partial charge < -0.3 is 10.4 Å². The summed E-state index contributed by atoms with van der Waals surface area (Å²) in [5.74, 6) is 1.59. The lowest BCUT2D eigenvalue weighted by molar-refractivity contribution is 0.0698. The van der Waals surface area contributed by atoms with E-state index in [4.69, 9.17) is 11.5 Å². The topological polar surface area (TPSA) is 49.3 Å². The smallest absolute Gasteiger partial charge is 0.337 e. The Morgan fingerprint density at radius 3 is 2.60 bits per heavy atom. The number of carbonyl (C=O) groups is 1. The van der Waals surface area contributed by atoms with Gasteiger partial charge in [0.15, 0.2) is 0 Å². The van der Waals surface area contributed by atoms with Crippen LogP contribution in [-0.2, 0) is 0 Å². The van der Waals surface area contributed by atoms with Crippen molar-refractivity contribution in [2.75, 3.05) is 5.32 Å². The van der Waals surface area contributed by atoms with Crippen LogP contribution in [0, 0.1) is 12.3 Å². The normalized spacial score (nSPS) is 10.5. The van der Waals surface area contributed by atoms with Crippen LogP contribution in [0.25, 0.3) is 0 Å². The third-order valence-corrected chi connectivity index (χ3v) is 1.97. The fourth-order valence-electron chi connectivity index (χ4n) is 1.15. The number of carboxylic acids is 1. The van der Waals surface area contributed by atoms with Crippen LogP contribution in [0.15, 0.2) is 24.3 Å². The molecule has 1 rings (SSSR count). The molecule has 0 fully saturated rings. The van der Waals surface area contributed by atoms with E-state index in [1.165, 1.54) is 6.07 Å². The van der Waals surface area contributed by atoms with Crippen LogP contribution in [-0.4, -0.2) is 16.6 Å². The van der Waals surface area contributed by atoms with Crippen LogP contribution in [0.4, 0.5) is 5.69 Å². The molecule has 0 aliphatic heterocycles. The highest BCUT2D eigenvalue weighted by atomic mass is 16.4. The first-order valence-electron chi connectivity index (χ1n) is 4.54. The maximum Gasteiger partial charge on any atom is 0.337 e. The van der Waals surface area contributed by atoms with Crippen molar-refractivity contribution in [1.29, 1.82) is 0 Å². The molecule has 0 unspecified atom stereocenters. The van der Waals surface area contributed by atoms with Crippen molar-refractivity contribution in [3.8, 4) is 12.3 Å². The van der Waals surface area contributed by atoms with Crippen LogP contribution in [0.5, 0.6) is 0 Å². The van der Waals surface area contributed by atoms with E-state index in [9.17, 15) is 4.79 Å². The summed E-state index contributed by atoms with van der Waals surface area (Å²) >= 11 is 0. The molecule has 3 heteroatoms. The predicted octanol–water partition coefficient (Wildman–Crippen LogP) is 2.21. The monoisotopic (exact) mass is 203 g/mol. The molecule has 1 aromatic rings. The van der Waals surface area contributed by atoms with Crippen molar-refractivity contribution in [3.05, 3.63) is 29.8 Å². The van der Waals surface area contributed by atoms with E-state index < -0.39 is 11.5 Å². The van der Waals surface area contributed by atoms with E-state index in [-0.39, 0.29) is 5.56 Å². The van der Waals surface area contributed by atoms with E-state index in [2.05, 4.69) is 11.2 Å². The van der Waals surface area contributed by atoms with Crippen LogP contribution in [0.3, 0.4) is 0 Å². The van der Waals surface area contributed by atoms with E-state index in [0.717, 1.165) is 0 Å². The second-order valence-electron chi connectivity index (χ2n) is 3.75.